The number of aliphatic hydroxyl groups excluding tert-OH is 1. The minimum absolute atomic E-state index is 0.0865. The molecule has 2 rings (SSSR count). The number of nitrogens with one attached hydrogen (secondary N) is 1. The smallest absolute Gasteiger partial charge is 0.118 e. The largest absolute Gasteiger partial charge is 0.497 e. The molecule has 0 heterocycles. The molecule has 0 saturated heterocycles. The van der Waals surface area contributed by atoms with Crippen LogP contribution in [-0.4, -0.2) is 24.9 Å². The van der Waals surface area contributed by atoms with E-state index in [1.807, 2.05) is 12.1 Å². The number of aliphatic hydroxyl groups is 1. The van der Waals surface area contributed by atoms with Gasteiger partial charge < -0.3 is 15.2 Å². The molecule has 1 aromatic carbocycles. The van der Waals surface area contributed by atoms with Crippen molar-refractivity contribution in [3.05, 3.63) is 29.8 Å². The molecule has 0 radical (unpaired) electrons. The molecule has 1 saturated carbocycles. The zero-order valence-electron chi connectivity index (χ0n) is 12.6. The molecule has 2 N–H and O–H groups in total. The summed E-state index contributed by atoms with van der Waals surface area (Å²) in [5.41, 5.74) is 1.31. The molecule has 20 heavy (non-hydrogen) atoms. The summed E-state index contributed by atoms with van der Waals surface area (Å²) in [4.78, 5) is 0. The van der Waals surface area contributed by atoms with E-state index in [1.54, 1.807) is 7.11 Å². The number of ether oxygens (including phenoxy) is 1. The minimum atomic E-state index is -0.0865. The first-order valence-corrected chi connectivity index (χ1v) is 7.78. The Kier molecular flexibility index (Phi) is 5.86. The normalized spacial score (nSPS) is 24.4. The second-order valence-electron chi connectivity index (χ2n) is 5.83. The van der Waals surface area contributed by atoms with Crippen LogP contribution in [0.4, 0.5) is 0 Å². The molecule has 1 aromatic rings. The average Bonchev–Trinajstić information content (AvgIpc) is 2.48. The molecule has 1 fully saturated rings. The summed E-state index contributed by atoms with van der Waals surface area (Å²) in [5, 5.41) is 13.4. The number of benzene rings is 1. The topological polar surface area (TPSA) is 41.5 Å². The molecule has 3 heteroatoms. The van der Waals surface area contributed by atoms with E-state index in [-0.39, 0.29) is 6.10 Å². The van der Waals surface area contributed by atoms with Crippen molar-refractivity contribution in [2.24, 2.45) is 5.92 Å². The predicted octanol–water partition coefficient (Wildman–Crippen LogP) is 3.29. The summed E-state index contributed by atoms with van der Waals surface area (Å²) in [5.74, 6) is 1.52. The second kappa shape index (κ2) is 7.65. The fourth-order valence-electron chi connectivity index (χ4n) is 3.09. The van der Waals surface area contributed by atoms with E-state index in [2.05, 4.69) is 24.4 Å². The van der Waals surface area contributed by atoms with Crippen LogP contribution in [0.2, 0.25) is 0 Å². The van der Waals surface area contributed by atoms with Crippen LogP contribution in [0.5, 0.6) is 5.75 Å². The van der Waals surface area contributed by atoms with Gasteiger partial charge in [0.25, 0.3) is 0 Å². The lowest BCUT2D eigenvalue weighted by atomic mass is 9.87. The van der Waals surface area contributed by atoms with Gasteiger partial charge >= 0.3 is 0 Å². The maximum absolute atomic E-state index is 9.74. The first-order chi connectivity index (χ1) is 9.72. The van der Waals surface area contributed by atoms with E-state index in [4.69, 9.17) is 4.74 Å². The minimum Gasteiger partial charge on any atom is -0.497 e. The van der Waals surface area contributed by atoms with Gasteiger partial charge in [-0.25, -0.2) is 0 Å². The lowest BCUT2D eigenvalue weighted by molar-refractivity contribution is 0.0995. The monoisotopic (exact) mass is 277 g/mol. The van der Waals surface area contributed by atoms with Crippen LogP contribution < -0.4 is 10.1 Å². The van der Waals surface area contributed by atoms with Crippen LogP contribution in [-0.2, 0) is 0 Å². The van der Waals surface area contributed by atoms with Gasteiger partial charge in [-0.15, -0.1) is 0 Å². The number of hydrogen-bond donors (Lipinski definition) is 2. The van der Waals surface area contributed by atoms with E-state index >= 15 is 0 Å². The second-order valence-corrected chi connectivity index (χ2v) is 5.83. The lowest BCUT2D eigenvalue weighted by Gasteiger charge is -2.28. The van der Waals surface area contributed by atoms with E-state index < -0.39 is 0 Å². The standard InChI is InChI=1S/C17H27NO2/c1-3-17(14-7-9-16(20-2)10-8-14)18-12-13-5-4-6-15(19)11-13/h7-10,13,15,17-19H,3-6,11-12H2,1-2H3. The zero-order valence-corrected chi connectivity index (χ0v) is 12.6. The maximum Gasteiger partial charge on any atom is 0.118 e. The Morgan fingerprint density at radius 1 is 1.30 bits per heavy atom. The summed E-state index contributed by atoms with van der Waals surface area (Å²) in [6, 6.07) is 8.69. The zero-order chi connectivity index (χ0) is 14.4. The van der Waals surface area contributed by atoms with Crippen molar-refractivity contribution in [2.75, 3.05) is 13.7 Å². The molecular formula is C17H27NO2. The highest BCUT2D eigenvalue weighted by molar-refractivity contribution is 5.29. The third kappa shape index (κ3) is 4.22. The van der Waals surface area contributed by atoms with Crippen LogP contribution in [0.1, 0.15) is 50.6 Å². The van der Waals surface area contributed by atoms with Crippen molar-refractivity contribution < 1.29 is 9.84 Å². The van der Waals surface area contributed by atoms with Gasteiger partial charge in [0.05, 0.1) is 13.2 Å². The lowest BCUT2D eigenvalue weighted by Crippen LogP contribution is -2.31. The van der Waals surface area contributed by atoms with Crippen molar-refractivity contribution in [3.63, 3.8) is 0 Å². The van der Waals surface area contributed by atoms with E-state index in [0.717, 1.165) is 38.0 Å². The molecule has 1 aliphatic rings. The Balaban J connectivity index is 1.87. The number of rotatable bonds is 6. The number of methoxy groups -OCH3 is 1. The highest BCUT2D eigenvalue weighted by Crippen LogP contribution is 2.25. The molecular weight excluding hydrogens is 250 g/mol. The third-order valence-corrected chi connectivity index (χ3v) is 4.33. The molecule has 1 aliphatic carbocycles. The van der Waals surface area contributed by atoms with Gasteiger partial charge in [0.2, 0.25) is 0 Å². The Labute approximate surface area is 122 Å². The fourth-order valence-corrected chi connectivity index (χ4v) is 3.09. The van der Waals surface area contributed by atoms with E-state index in [1.165, 1.54) is 12.0 Å². The van der Waals surface area contributed by atoms with Crippen molar-refractivity contribution in [1.29, 1.82) is 0 Å². The van der Waals surface area contributed by atoms with Gasteiger partial charge in [-0.2, -0.15) is 0 Å². The number of hydrogen-bond acceptors (Lipinski definition) is 3. The molecule has 112 valence electrons. The molecule has 0 bridgehead atoms. The van der Waals surface area contributed by atoms with E-state index in [0.29, 0.717) is 12.0 Å². The molecule has 0 spiro atoms. The molecule has 0 amide bonds. The summed E-state index contributed by atoms with van der Waals surface area (Å²) in [6.07, 6.45) is 5.31. The molecule has 3 nitrogen and oxygen atoms in total. The van der Waals surface area contributed by atoms with Crippen LogP contribution in [0.25, 0.3) is 0 Å². The van der Waals surface area contributed by atoms with Gasteiger partial charge in [0, 0.05) is 6.04 Å². The molecule has 3 atom stereocenters. The van der Waals surface area contributed by atoms with Crippen molar-refractivity contribution in [2.45, 2.75) is 51.2 Å². The van der Waals surface area contributed by atoms with Gasteiger partial charge in [0.1, 0.15) is 5.75 Å². The van der Waals surface area contributed by atoms with Gasteiger partial charge in [-0.1, -0.05) is 25.5 Å². The third-order valence-electron chi connectivity index (χ3n) is 4.33. The average molecular weight is 277 g/mol. The van der Waals surface area contributed by atoms with Crippen molar-refractivity contribution in [3.8, 4) is 5.75 Å². The highest BCUT2D eigenvalue weighted by Gasteiger charge is 2.21. The Hall–Kier alpha value is -1.06. The quantitative estimate of drug-likeness (QED) is 0.838. The summed E-state index contributed by atoms with van der Waals surface area (Å²) in [6.45, 7) is 3.21. The SMILES string of the molecule is CCC(NCC1CCCC(O)C1)c1ccc(OC)cc1. The highest BCUT2D eigenvalue weighted by atomic mass is 16.5. The van der Waals surface area contributed by atoms with Crippen molar-refractivity contribution in [1.82, 2.24) is 5.32 Å². The fraction of sp³-hybridized carbons (Fsp3) is 0.647. The first-order valence-electron chi connectivity index (χ1n) is 7.78. The molecule has 0 aliphatic heterocycles. The Morgan fingerprint density at radius 2 is 2.05 bits per heavy atom. The van der Waals surface area contributed by atoms with Gasteiger partial charge in [-0.3, -0.25) is 0 Å². The van der Waals surface area contributed by atoms with Gasteiger partial charge in [-0.05, 0) is 55.8 Å². The molecule has 0 aromatic heterocycles. The molecule has 3 unspecified atom stereocenters. The van der Waals surface area contributed by atoms with E-state index in [9.17, 15) is 5.11 Å². The Morgan fingerprint density at radius 3 is 2.65 bits per heavy atom. The summed E-state index contributed by atoms with van der Waals surface area (Å²) in [7, 11) is 1.69. The maximum atomic E-state index is 9.74. The summed E-state index contributed by atoms with van der Waals surface area (Å²) < 4.78 is 5.20. The predicted molar refractivity (Wildman–Crippen MR) is 82.0 cm³/mol. The van der Waals surface area contributed by atoms with Crippen LogP contribution in [0.3, 0.4) is 0 Å². The van der Waals surface area contributed by atoms with Crippen LogP contribution in [0.15, 0.2) is 24.3 Å². The Bertz CT molecular complexity index is 390. The van der Waals surface area contributed by atoms with Crippen molar-refractivity contribution >= 4 is 0 Å². The first kappa shape index (κ1) is 15.3. The van der Waals surface area contributed by atoms with Crippen LogP contribution in [0, 0.1) is 5.92 Å². The van der Waals surface area contributed by atoms with Crippen LogP contribution >= 0.6 is 0 Å². The summed E-state index contributed by atoms with van der Waals surface area (Å²) >= 11 is 0. The van der Waals surface area contributed by atoms with Gasteiger partial charge in [0.15, 0.2) is 0 Å².